The molecule has 0 atom stereocenters. The molecule has 5 heteroatoms. The number of sulfonamides is 1. The highest BCUT2D eigenvalue weighted by Gasteiger charge is 2.22. The average molecular weight is 298 g/mol. The second kappa shape index (κ2) is 7.76. The van der Waals surface area contributed by atoms with Crippen LogP contribution in [0.5, 0.6) is 0 Å². The maximum atomic E-state index is 12.5. The van der Waals surface area contributed by atoms with Crippen LogP contribution in [0, 0.1) is 6.92 Å². The van der Waals surface area contributed by atoms with Gasteiger partial charge in [0.05, 0.1) is 4.90 Å². The Kier molecular flexibility index (Phi) is 6.65. The standard InChI is InChI=1S/C15H26N2O2S/c1-5-9-16-12-14-8-7-13(3)15(11-14)20(18,19)17(4)10-6-2/h7-8,11,16H,5-6,9-10,12H2,1-4H3. The molecule has 0 heterocycles. The molecule has 0 unspecified atom stereocenters. The zero-order valence-corrected chi connectivity index (χ0v) is 13.8. The molecule has 1 aromatic carbocycles. The smallest absolute Gasteiger partial charge is 0.243 e. The van der Waals surface area contributed by atoms with Crippen molar-refractivity contribution in [3.05, 3.63) is 29.3 Å². The number of nitrogens with one attached hydrogen (secondary N) is 1. The van der Waals surface area contributed by atoms with Crippen LogP contribution in [-0.4, -0.2) is 32.9 Å². The molecule has 1 rings (SSSR count). The molecule has 0 saturated heterocycles. The molecular weight excluding hydrogens is 272 g/mol. The Balaban J connectivity index is 3.01. The SMILES string of the molecule is CCCNCc1ccc(C)c(S(=O)(=O)N(C)CCC)c1. The van der Waals surface area contributed by atoms with E-state index in [-0.39, 0.29) is 0 Å². The quantitative estimate of drug-likeness (QED) is 0.750. The van der Waals surface area contributed by atoms with E-state index in [0.29, 0.717) is 18.0 Å². The van der Waals surface area contributed by atoms with Gasteiger partial charge in [-0.1, -0.05) is 26.0 Å². The predicted molar refractivity (Wildman–Crippen MR) is 83.3 cm³/mol. The van der Waals surface area contributed by atoms with Crippen LogP contribution in [0.1, 0.15) is 37.8 Å². The first-order valence-electron chi connectivity index (χ1n) is 7.20. The molecular formula is C15H26N2O2S. The van der Waals surface area contributed by atoms with E-state index in [1.807, 2.05) is 26.0 Å². The van der Waals surface area contributed by atoms with Crippen molar-refractivity contribution in [2.24, 2.45) is 0 Å². The average Bonchev–Trinajstić information content (AvgIpc) is 2.41. The van der Waals surface area contributed by atoms with Crippen molar-refractivity contribution in [1.29, 1.82) is 0 Å². The number of benzene rings is 1. The van der Waals surface area contributed by atoms with Gasteiger partial charge in [0, 0.05) is 20.1 Å². The fourth-order valence-corrected chi connectivity index (χ4v) is 3.58. The van der Waals surface area contributed by atoms with Crippen molar-refractivity contribution in [3.63, 3.8) is 0 Å². The summed E-state index contributed by atoms with van der Waals surface area (Å²) < 4.78 is 26.5. The predicted octanol–water partition coefficient (Wildman–Crippen LogP) is 2.53. The van der Waals surface area contributed by atoms with Crippen LogP contribution in [-0.2, 0) is 16.6 Å². The highest BCUT2D eigenvalue weighted by molar-refractivity contribution is 7.89. The summed E-state index contributed by atoms with van der Waals surface area (Å²) in [6, 6.07) is 5.66. The Hall–Kier alpha value is -0.910. The largest absolute Gasteiger partial charge is 0.313 e. The summed E-state index contributed by atoms with van der Waals surface area (Å²) >= 11 is 0. The van der Waals surface area contributed by atoms with E-state index in [0.717, 1.165) is 30.5 Å². The molecule has 0 spiro atoms. The normalized spacial score (nSPS) is 12.1. The minimum absolute atomic E-state index is 0.421. The summed E-state index contributed by atoms with van der Waals surface area (Å²) in [4.78, 5) is 0.421. The van der Waals surface area contributed by atoms with Gasteiger partial charge in [-0.25, -0.2) is 12.7 Å². The van der Waals surface area contributed by atoms with Crippen molar-refractivity contribution in [2.45, 2.75) is 45.1 Å². The molecule has 0 radical (unpaired) electrons. The minimum Gasteiger partial charge on any atom is -0.313 e. The third-order valence-corrected chi connectivity index (χ3v) is 5.23. The maximum absolute atomic E-state index is 12.5. The Morgan fingerprint density at radius 3 is 2.50 bits per heavy atom. The van der Waals surface area contributed by atoms with E-state index in [9.17, 15) is 8.42 Å². The minimum atomic E-state index is -3.38. The van der Waals surface area contributed by atoms with Gasteiger partial charge in [-0.05, 0) is 43.5 Å². The fourth-order valence-electron chi connectivity index (χ4n) is 2.04. The van der Waals surface area contributed by atoms with Gasteiger partial charge in [-0.3, -0.25) is 0 Å². The van der Waals surface area contributed by atoms with E-state index in [2.05, 4.69) is 12.2 Å². The molecule has 0 amide bonds. The van der Waals surface area contributed by atoms with Crippen LogP contribution in [0.4, 0.5) is 0 Å². The van der Waals surface area contributed by atoms with Gasteiger partial charge in [0.2, 0.25) is 10.0 Å². The molecule has 0 aliphatic heterocycles. The molecule has 0 bridgehead atoms. The van der Waals surface area contributed by atoms with Gasteiger partial charge >= 0.3 is 0 Å². The van der Waals surface area contributed by atoms with E-state index in [4.69, 9.17) is 0 Å². The lowest BCUT2D eigenvalue weighted by Gasteiger charge is -2.18. The topological polar surface area (TPSA) is 49.4 Å². The Morgan fingerprint density at radius 2 is 1.90 bits per heavy atom. The zero-order chi connectivity index (χ0) is 15.2. The summed E-state index contributed by atoms with van der Waals surface area (Å²) in [5.74, 6) is 0. The number of aryl methyl sites for hydroxylation is 1. The van der Waals surface area contributed by atoms with Gasteiger partial charge in [-0.15, -0.1) is 0 Å². The van der Waals surface area contributed by atoms with E-state index in [1.54, 1.807) is 13.1 Å². The van der Waals surface area contributed by atoms with Gasteiger partial charge in [-0.2, -0.15) is 0 Å². The van der Waals surface area contributed by atoms with Gasteiger partial charge in [0.25, 0.3) is 0 Å². The summed E-state index contributed by atoms with van der Waals surface area (Å²) in [7, 11) is -1.74. The molecule has 114 valence electrons. The highest BCUT2D eigenvalue weighted by atomic mass is 32.2. The zero-order valence-electron chi connectivity index (χ0n) is 12.9. The number of rotatable bonds is 8. The molecule has 20 heavy (non-hydrogen) atoms. The monoisotopic (exact) mass is 298 g/mol. The van der Waals surface area contributed by atoms with Gasteiger partial charge < -0.3 is 5.32 Å². The van der Waals surface area contributed by atoms with Crippen LogP contribution in [0.25, 0.3) is 0 Å². The highest BCUT2D eigenvalue weighted by Crippen LogP contribution is 2.20. The molecule has 0 aliphatic rings. The van der Waals surface area contributed by atoms with Crippen LogP contribution in [0.2, 0.25) is 0 Å². The van der Waals surface area contributed by atoms with Gasteiger partial charge in [0.1, 0.15) is 0 Å². The molecule has 1 aromatic rings. The first-order valence-corrected chi connectivity index (χ1v) is 8.64. The number of nitrogens with zero attached hydrogens (tertiary/aromatic N) is 1. The Morgan fingerprint density at radius 1 is 1.20 bits per heavy atom. The molecule has 0 fully saturated rings. The first kappa shape index (κ1) is 17.1. The van der Waals surface area contributed by atoms with E-state index < -0.39 is 10.0 Å². The lowest BCUT2D eigenvalue weighted by Crippen LogP contribution is -2.28. The third-order valence-electron chi connectivity index (χ3n) is 3.24. The van der Waals surface area contributed by atoms with Crippen LogP contribution in [0.3, 0.4) is 0 Å². The first-order chi connectivity index (χ1) is 9.43. The van der Waals surface area contributed by atoms with Crippen molar-refractivity contribution in [1.82, 2.24) is 9.62 Å². The Bertz CT molecular complexity index is 527. The van der Waals surface area contributed by atoms with Crippen molar-refractivity contribution in [3.8, 4) is 0 Å². The van der Waals surface area contributed by atoms with E-state index >= 15 is 0 Å². The van der Waals surface area contributed by atoms with Crippen molar-refractivity contribution in [2.75, 3.05) is 20.1 Å². The number of hydrogen-bond acceptors (Lipinski definition) is 3. The summed E-state index contributed by atoms with van der Waals surface area (Å²) in [6.45, 7) is 8.11. The van der Waals surface area contributed by atoms with Crippen LogP contribution < -0.4 is 5.32 Å². The van der Waals surface area contributed by atoms with Crippen LogP contribution in [0.15, 0.2) is 23.1 Å². The number of hydrogen-bond donors (Lipinski definition) is 1. The van der Waals surface area contributed by atoms with Gasteiger partial charge in [0.15, 0.2) is 0 Å². The summed E-state index contributed by atoms with van der Waals surface area (Å²) in [6.07, 6.45) is 1.88. The third kappa shape index (κ3) is 4.30. The van der Waals surface area contributed by atoms with Crippen LogP contribution >= 0.6 is 0 Å². The second-order valence-electron chi connectivity index (χ2n) is 5.10. The van der Waals surface area contributed by atoms with E-state index in [1.165, 1.54) is 4.31 Å². The molecule has 0 aromatic heterocycles. The fraction of sp³-hybridized carbons (Fsp3) is 0.600. The molecule has 0 saturated carbocycles. The van der Waals surface area contributed by atoms with Crippen molar-refractivity contribution >= 4 is 10.0 Å². The summed E-state index contributed by atoms with van der Waals surface area (Å²) in [5, 5.41) is 3.30. The molecule has 4 nitrogen and oxygen atoms in total. The summed E-state index contributed by atoms with van der Waals surface area (Å²) in [5.41, 5.74) is 1.81. The lowest BCUT2D eigenvalue weighted by molar-refractivity contribution is 0.468. The Labute approximate surface area is 123 Å². The van der Waals surface area contributed by atoms with Crippen molar-refractivity contribution < 1.29 is 8.42 Å². The lowest BCUT2D eigenvalue weighted by atomic mass is 10.1. The maximum Gasteiger partial charge on any atom is 0.243 e. The molecule has 1 N–H and O–H groups in total. The molecule has 0 aliphatic carbocycles. The second-order valence-corrected chi connectivity index (χ2v) is 7.12.